The molecule has 0 saturated carbocycles. The molecule has 0 bridgehead atoms. The van der Waals surface area contributed by atoms with Gasteiger partial charge in [-0.05, 0) is 37.6 Å². The van der Waals surface area contributed by atoms with Crippen LogP contribution in [-0.2, 0) is 0 Å². The zero-order chi connectivity index (χ0) is 13.0. The van der Waals surface area contributed by atoms with Gasteiger partial charge in [-0.3, -0.25) is 4.79 Å². The highest BCUT2D eigenvalue weighted by molar-refractivity contribution is 6.30. The third kappa shape index (κ3) is 3.37. The van der Waals surface area contributed by atoms with Crippen molar-refractivity contribution >= 4 is 17.5 Å². The van der Waals surface area contributed by atoms with Gasteiger partial charge in [-0.15, -0.1) is 0 Å². The highest BCUT2D eigenvalue weighted by Crippen LogP contribution is 2.24. The molecular weight excluding hydrogens is 252 g/mol. The van der Waals surface area contributed by atoms with Crippen LogP contribution in [0.3, 0.4) is 0 Å². The minimum absolute atomic E-state index is 0.378. The van der Waals surface area contributed by atoms with E-state index >= 15 is 0 Å². The fraction of sp³-hybridized carbons (Fsp3) is 0.462. The first-order valence-corrected chi connectivity index (χ1v) is 6.47. The number of rotatable bonds is 4. The summed E-state index contributed by atoms with van der Waals surface area (Å²) in [5.41, 5.74) is 5.68. The molecule has 0 spiro atoms. The number of nitrogens with one attached hydrogen (secondary N) is 1. The van der Waals surface area contributed by atoms with Gasteiger partial charge in [0.1, 0.15) is 5.75 Å². The Hall–Kier alpha value is -1.26. The molecule has 3 N–H and O–H groups in total. The Kier molecular flexibility index (Phi) is 4.44. The Morgan fingerprint density at radius 1 is 1.56 bits per heavy atom. The van der Waals surface area contributed by atoms with Gasteiger partial charge in [0.2, 0.25) is 0 Å². The maximum atomic E-state index is 11.3. The van der Waals surface area contributed by atoms with E-state index in [1.807, 2.05) is 0 Å². The van der Waals surface area contributed by atoms with E-state index in [4.69, 9.17) is 22.1 Å². The molecule has 0 radical (unpaired) electrons. The number of carbonyl (C=O) groups is 1. The summed E-state index contributed by atoms with van der Waals surface area (Å²) in [6.07, 6.45) is 2.30. The summed E-state index contributed by atoms with van der Waals surface area (Å²) >= 11 is 5.90. The van der Waals surface area contributed by atoms with Gasteiger partial charge < -0.3 is 15.8 Å². The summed E-state index contributed by atoms with van der Waals surface area (Å²) in [6, 6.07) is 4.87. The predicted molar refractivity (Wildman–Crippen MR) is 71.1 cm³/mol. The molecular formula is C13H17ClN2O2. The topological polar surface area (TPSA) is 64.4 Å². The number of ether oxygens (including phenoxy) is 1. The lowest BCUT2D eigenvalue weighted by Gasteiger charge is -2.23. The van der Waals surface area contributed by atoms with Gasteiger partial charge in [0.05, 0.1) is 12.2 Å². The number of nitrogens with two attached hydrogens (primary N) is 1. The normalized spacial score (nSPS) is 19.5. The third-order valence-electron chi connectivity index (χ3n) is 3.08. The lowest BCUT2D eigenvalue weighted by atomic mass is 10.0. The van der Waals surface area contributed by atoms with Gasteiger partial charge in [0.25, 0.3) is 5.91 Å². The molecule has 1 amide bonds. The number of hydrogen-bond acceptors (Lipinski definition) is 3. The lowest BCUT2D eigenvalue weighted by Crippen LogP contribution is -2.33. The molecule has 1 fully saturated rings. The van der Waals surface area contributed by atoms with Crippen LogP contribution >= 0.6 is 11.6 Å². The molecule has 1 aromatic carbocycles. The van der Waals surface area contributed by atoms with E-state index in [9.17, 15) is 4.79 Å². The lowest BCUT2D eigenvalue weighted by molar-refractivity contribution is 0.0995. The zero-order valence-corrected chi connectivity index (χ0v) is 10.9. The first-order chi connectivity index (χ1) is 8.66. The Bertz CT molecular complexity index is 431. The number of primary amides is 1. The molecule has 1 aliphatic heterocycles. The molecule has 1 unspecified atom stereocenters. The van der Waals surface area contributed by atoms with Crippen molar-refractivity contribution in [3.63, 3.8) is 0 Å². The molecule has 18 heavy (non-hydrogen) atoms. The Morgan fingerprint density at radius 3 is 3.06 bits per heavy atom. The molecule has 5 heteroatoms. The first kappa shape index (κ1) is 13.2. The standard InChI is InChI=1S/C13H17ClN2O2/c14-10-3-4-11(13(15)17)12(6-10)18-8-9-2-1-5-16-7-9/h3-4,6,9,16H,1-2,5,7-8H2,(H2,15,17). The predicted octanol–water partition coefficient (Wildman–Crippen LogP) is 1.82. The number of halogens is 1. The molecule has 1 aliphatic rings. The van der Waals surface area contributed by atoms with E-state index in [-0.39, 0.29) is 0 Å². The van der Waals surface area contributed by atoms with Gasteiger partial charge in [0, 0.05) is 17.5 Å². The van der Waals surface area contributed by atoms with Crippen LogP contribution < -0.4 is 15.8 Å². The minimum atomic E-state index is -0.497. The average Bonchev–Trinajstić information content (AvgIpc) is 2.37. The summed E-state index contributed by atoms with van der Waals surface area (Å²) in [4.78, 5) is 11.3. The average molecular weight is 269 g/mol. The van der Waals surface area contributed by atoms with Crippen molar-refractivity contribution in [2.45, 2.75) is 12.8 Å². The van der Waals surface area contributed by atoms with E-state index in [1.54, 1.807) is 18.2 Å². The quantitative estimate of drug-likeness (QED) is 0.875. The van der Waals surface area contributed by atoms with Crippen LogP contribution in [0.25, 0.3) is 0 Å². The molecule has 0 aromatic heterocycles. The first-order valence-electron chi connectivity index (χ1n) is 6.09. The van der Waals surface area contributed by atoms with Crippen LogP contribution in [0, 0.1) is 5.92 Å². The summed E-state index contributed by atoms with van der Waals surface area (Å²) < 4.78 is 5.69. The van der Waals surface area contributed by atoms with Crippen molar-refractivity contribution in [3.05, 3.63) is 28.8 Å². The van der Waals surface area contributed by atoms with Crippen LogP contribution in [0.1, 0.15) is 23.2 Å². The number of hydrogen-bond donors (Lipinski definition) is 2. The largest absolute Gasteiger partial charge is 0.492 e. The molecule has 1 aromatic rings. The maximum absolute atomic E-state index is 11.3. The van der Waals surface area contributed by atoms with Gasteiger partial charge in [-0.25, -0.2) is 0 Å². The summed E-state index contributed by atoms with van der Waals surface area (Å²) in [7, 11) is 0. The van der Waals surface area contributed by atoms with E-state index in [2.05, 4.69) is 5.32 Å². The van der Waals surface area contributed by atoms with Crippen molar-refractivity contribution in [1.82, 2.24) is 5.32 Å². The third-order valence-corrected chi connectivity index (χ3v) is 3.32. The van der Waals surface area contributed by atoms with E-state index in [0.29, 0.717) is 28.9 Å². The van der Waals surface area contributed by atoms with Crippen molar-refractivity contribution in [1.29, 1.82) is 0 Å². The Morgan fingerprint density at radius 2 is 2.39 bits per heavy atom. The smallest absolute Gasteiger partial charge is 0.252 e. The van der Waals surface area contributed by atoms with Crippen LogP contribution in [0.15, 0.2) is 18.2 Å². The second kappa shape index (κ2) is 6.07. The van der Waals surface area contributed by atoms with Crippen molar-refractivity contribution in [3.8, 4) is 5.75 Å². The van der Waals surface area contributed by atoms with E-state index in [0.717, 1.165) is 25.9 Å². The number of piperidine rings is 1. The minimum Gasteiger partial charge on any atom is -0.492 e. The second-order valence-electron chi connectivity index (χ2n) is 4.53. The highest BCUT2D eigenvalue weighted by atomic mass is 35.5. The van der Waals surface area contributed by atoms with E-state index < -0.39 is 5.91 Å². The second-order valence-corrected chi connectivity index (χ2v) is 4.96. The molecule has 2 rings (SSSR count). The Labute approximate surface area is 111 Å². The van der Waals surface area contributed by atoms with Crippen LogP contribution in [0.2, 0.25) is 5.02 Å². The molecule has 1 heterocycles. The molecule has 0 aliphatic carbocycles. The number of carbonyl (C=O) groups excluding carboxylic acids is 1. The summed E-state index contributed by atoms with van der Waals surface area (Å²) in [5.74, 6) is 0.447. The molecule has 1 atom stereocenters. The fourth-order valence-corrected chi connectivity index (χ4v) is 2.26. The van der Waals surface area contributed by atoms with Gasteiger partial charge in [-0.2, -0.15) is 0 Å². The SMILES string of the molecule is NC(=O)c1ccc(Cl)cc1OCC1CCCNC1. The molecule has 98 valence electrons. The monoisotopic (exact) mass is 268 g/mol. The number of benzene rings is 1. The summed E-state index contributed by atoms with van der Waals surface area (Å²) in [5, 5.41) is 3.86. The van der Waals surface area contributed by atoms with E-state index in [1.165, 1.54) is 0 Å². The highest BCUT2D eigenvalue weighted by Gasteiger charge is 2.16. The molecule has 4 nitrogen and oxygen atoms in total. The Balaban J connectivity index is 2.03. The van der Waals surface area contributed by atoms with Crippen molar-refractivity contribution < 1.29 is 9.53 Å². The maximum Gasteiger partial charge on any atom is 0.252 e. The fourth-order valence-electron chi connectivity index (χ4n) is 2.09. The number of amides is 1. The van der Waals surface area contributed by atoms with Crippen LogP contribution in [-0.4, -0.2) is 25.6 Å². The van der Waals surface area contributed by atoms with Gasteiger partial charge in [0.15, 0.2) is 0 Å². The van der Waals surface area contributed by atoms with Crippen LogP contribution in [0.4, 0.5) is 0 Å². The molecule has 1 saturated heterocycles. The van der Waals surface area contributed by atoms with Crippen molar-refractivity contribution in [2.75, 3.05) is 19.7 Å². The zero-order valence-electron chi connectivity index (χ0n) is 10.1. The van der Waals surface area contributed by atoms with Crippen molar-refractivity contribution in [2.24, 2.45) is 11.7 Å². The van der Waals surface area contributed by atoms with Crippen LogP contribution in [0.5, 0.6) is 5.75 Å². The van der Waals surface area contributed by atoms with Gasteiger partial charge >= 0.3 is 0 Å². The van der Waals surface area contributed by atoms with Gasteiger partial charge in [-0.1, -0.05) is 11.6 Å². The summed E-state index contributed by atoms with van der Waals surface area (Å²) in [6.45, 7) is 2.60.